The molecule has 1 aromatic heterocycles. The Kier molecular flexibility index (Phi) is 4.14. The molecule has 120 valence electrons. The van der Waals surface area contributed by atoms with Gasteiger partial charge >= 0.3 is 0 Å². The van der Waals surface area contributed by atoms with Gasteiger partial charge in [-0.2, -0.15) is 4.98 Å². The summed E-state index contributed by atoms with van der Waals surface area (Å²) in [6, 6.07) is 13.6. The van der Waals surface area contributed by atoms with Crippen LogP contribution in [0.1, 0.15) is 44.9 Å². The highest BCUT2D eigenvalue weighted by molar-refractivity contribution is 5.64. The number of anilines is 2. The van der Waals surface area contributed by atoms with Crippen LogP contribution in [0.15, 0.2) is 36.4 Å². The van der Waals surface area contributed by atoms with Gasteiger partial charge in [0.1, 0.15) is 5.82 Å². The zero-order valence-corrected chi connectivity index (χ0v) is 13.5. The predicted octanol–water partition coefficient (Wildman–Crippen LogP) is 4.46. The van der Waals surface area contributed by atoms with Gasteiger partial charge in [0.05, 0.1) is 5.69 Å². The molecule has 4 heteroatoms. The third kappa shape index (κ3) is 3.81. The molecule has 0 spiro atoms. The van der Waals surface area contributed by atoms with Crippen LogP contribution in [0.4, 0.5) is 11.8 Å². The summed E-state index contributed by atoms with van der Waals surface area (Å²) in [5, 5.41) is 7.08. The molecule has 2 fully saturated rings. The van der Waals surface area contributed by atoms with Crippen LogP contribution in [-0.4, -0.2) is 22.1 Å². The van der Waals surface area contributed by atoms with Crippen LogP contribution in [0.2, 0.25) is 0 Å². The highest BCUT2D eigenvalue weighted by Crippen LogP contribution is 2.27. The quantitative estimate of drug-likeness (QED) is 0.856. The smallest absolute Gasteiger partial charge is 0.225 e. The molecule has 23 heavy (non-hydrogen) atoms. The van der Waals surface area contributed by atoms with Crippen molar-refractivity contribution in [3.05, 3.63) is 36.4 Å². The number of benzene rings is 1. The van der Waals surface area contributed by atoms with Crippen molar-refractivity contribution in [3.63, 3.8) is 0 Å². The minimum Gasteiger partial charge on any atom is -0.367 e. The average Bonchev–Trinajstić information content (AvgIpc) is 3.40. The maximum atomic E-state index is 4.71. The number of nitrogens with zero attached hydrogens (tertiary/aromatic N) is 2. The lowest BCUT2D eigenvalue weighted by atomic mass is 9.95. The molecule has 0 aliphatic heterocycles. The zero-order valence-electron chi connectivity index (χ0n) is 13.5. The summed E-state index contributed by atoms with van der Waals surface area (Å²) in [7, 11) is 0. The fourth-order valence-electron chi connectivity index (χ4n) is 3.21. The van der Waals surface area contributed by atoms with Crippen molar-refractivity contribution in [1.29, 1.82) is 0 Å². The van der Waals surface area contributed by atoms with Crippen LogP contribution in [-0.2, 0) is 0 Å². The molecule has 2 aliphatic rings. The van der Waals surface area contributed by atoms with Gasteiger partial charge in [0.2, 0.25) is 5.95 Å². The van der Waals surface area contributed by atoms with E-state index in [1.54, 1.807) is 0 Å². The van der Waals surface area contributed by atoms with Gasteiger partial charge in [0, 0.05) is 23.7 Å². The summed E-state index contributed by atoms with van der Waals surface area (Å²) in [6.07, 6.45) is 8.95. The summed E-state index contributed by atoms with van der Waals surface area (Å²) in [4.78, 5) is 9.41. The Hall–Kier alpha value is -2.10. The van der Waals surface area contributed by atoms with E-state index in [4.69, 9.17) is 9.97 Å². The van der Waals surface area contributed by atoms with Crippen molar-refractivity contribution in [2.75, 3.05) is 10.6 Å². The number of hydrogen-bond donors (Lipinski definition) is 2. The van der Waals surface area contributed by atoms with Crippen LogP contribution in [0.5, 0.6) is 0 Å². The van der Waals surface area contributed by atoms with Gasteiger partial charge in [0.15, 0.2) is 0 Å². The van der Waals surface area contributed by atoms with Crippen molar-refractivity contribution < 1.29 is 0 Å². The number of nitrogens with one attached hydrogen (secondary N) is 2. The average molecular weight is 308 g/mol. The van der Waals surface area contributed by atoms with E-state index in [-0.39, 0.29) is 0 Å². The third-order valence-electron chi connectivity index (χ3n) is 4.66. The van der Waals surface area contributed by atoms with Crippen LogP contribution >= 0.6 is 0 Å². The summed E-state index contributed by atoms with van der Waals surface area (Å²) >= 11 is 0. The standard InChI is InChI=1S/C19H24N4/c1-3-7-14(8-4-1)17-13-18(20-15-9-5-2-6-10-15)23-19(22-17)21-16-11-12-16/h1,3-4,7-8,13,15-16H,2,5-6,9-12H2,(H2,20,21,22,23). The highest BCUT2D eigenvalue weighted by Gasteiger charge is 2.23. The van der Waals surface area contributed by atoms with E-state index in [1.807, 2.05) is 6.07 Å². The Labute approximate surface area is 137 Å². The zero-order chi connectivity index (χ0) is 15.5. The lowest BCUT2D eigenvalue weighted by Gasteiger charge is -2.23. The Morgan fingerprint density at radius 3 is 2.26 bits per heavy atom. The SMILES string of the molecule is c1ccc(-c2cc(NC3CCCCC3)nc(NC3CC3)n2)cc1. The molecule has 4 nitrogen and oxygen atoms in total. The summed E-state index contributed by atoms with van der Waals surface area (Å²) in [5.41, 5.74) is 2.13. The van der Waals surface area contributed by atoms with Crippen LogP contribution in [0, 0.1) is 0 Å². The number of rotatable bonds is 5. The Morgan fingerprint density at radius 1 is 0.783 bits per heavy atom. The molecule has 0 atom stereocenters. The van der Waals surface area contributed by atoms with Crippen molar-refractivity contribution in [3.8, 4) is 11.3 Å². The molecular formula is C19H24N4. The van der Waals surface area contributed by atoms with E-state index >= 15 is 0 Å². The Morgan fingerprint density at radius 2 is 1.52 bits per heavy atom. The molecule has 1 heterocycles. The van der Waals surface area contributed by atoms with Crippen molar-refractivity contribution >= 4 is 11.8 Å². The first-order valence-electron chi connectivity index (χ1n) is 8.84. The largest absolute Gasteiger partial charge is 0.367 e. The first-order valence-corrected chi connectivity index (χ1v) is 8.84. The minimum absolute atomic E-state index is 0.552. The molecule has 0 saturated heterocycles. The van der Waals surface area contributed by atoms with Gasteiger partial charge in [-0.05, 0) is 25.7 Å². The van der Waals surface area contributed by atoms with Gasteiger partial charge in [-0.15, -0.1) is 0 Å². The topological polar surface area (TPSA) is 49.8 Å². The Balaban J connectivity index is 1.60. The van der Waals surface area contributed by atoms with Crippen LogP contribution in [0.3, 0.4) is 0 Å². The van der Waals surface area contributed by atoms with Gasteiger partial charge in [-0.3, -0.25) is 0 Å². The van der Waals surface area contributed by atoms with Crippen LogP contribution < -0.4 is 10.6 Å². The molecule has 0 bridgehead atoms. The first kappa shape index (κ1) is 14.5. The first-order chi connectivity index (χ1) is 11.4. The van der Waals surface area contributed by atoms with E-state index in [9.17, 15) is 0 Å². The van der Waals surface area contributed by atoms with E-state index < -0.39 is 0 Å². The minimum atomic E-state index is 0.552. The van der Waals surface area contributed by atoms with Gasteiger partial charge < -0.3 is 10.6 Å². The summed E-state index contributed by atoms with van der Waals surface area (Å²) in [5.74, 6) is 1.71. The second-order valence-electron chi connectivity index (χ2n) is 6.73. The molecule has 0 radical (unpaired) electrons. The normalized spacial score (nSPS) is 18.6. The van der Waals surface area contributed by atoms with Crippen molar-refractivity contribution in [1.82, 2.24) is 9.97 Å². The predicted molar refractivity (Wildman–Crippen MR) is 94.6 cm³/mol. The molecular weight excluding hydrogens is 284 g/mol. The Bertz CT molecular complexity index is 646. The number of aromatic nitrogens is 2. The number of hydrogen-bond acceptors (Lipinski definition) is 4. The molecule has 2 saturated carbocycles. The van der Waals surface area contributed by atoms with Crippen molar-refractivity contribution in [2.24, 2.45) is 0 Å². The lowest BCUT2D eigenvalue weighted by molar-refractivity contribution is 0.462. The summed E-state index contributed by atoms with van der Waals surface area (Å²) < 4.78 is 0. The fourth-order valence-corrected chi connectivity index (χ4v) is 3.21. The lowest BCUT2D eigenvalue weighted by Crippen LogP contribution is -2.23. The van der Waals surface area contributed by atoms with Crippen LogP contribution in [0.25, 0.3) is 11.3 Å². The molecule has 2 N–H and O–H groups in total. The van der Waals surface area contributed by atoms with E-state index in [0.717, 1.165) is 23.0 Å². The van der Waals surface area contributed by atoms with Gasteiger partial charge in [-0.1, -0.05) is 49.6 Å². The van der Waals surface area contributed by atoms with E-state index in [0.29, 0.717) is 12.1 Å². The molecule has 0 amide bonds. The van der Waals surface area contributed by atoms with Gasteiger partial charge in [0.25, 0.3) is 0 Å². The molecule has 4 rings (SSSR count). The maximum Gasteiger partial charge on any atom is 0.225 e. The molecule has 0 unspecified atom stereocenters. The molecule has 1 aromatic carbocycles. The second-order valence-corrected chi connectivity index (χ2v) is 6.73. The maximum absolute atomic E-state index is 4.71. The molecule has 2 aliphatic carbocycles. The van der Waals surface area contributed by atoms with Crippen molar-refractivity contribution in [2.45, 2.75) is 57.0 Å². The van der Waals surface area contributed by atoms with Gasteiger partial charge in [-0.25, -0.2) is 4.98 Å². The molecule has 2 aromatic rings. The van der Waals surface area contributed by atoms with E-state index in [2.05, 4.69) is 41.0 Å². The monoisotopic (exact) mass is 308 g/mol. The fraction of sp³-hybridized carbons (Fsp3) is 0.474. The van der Waals surface area contributed by atoms with E-state index in [1.165, 1.54) is 44.9 Å². The summed E-state index contributed by atoms with van der Waals surface area (Å²) in [6.45, 7) is 0. The third-order valence-corrected chi connectivity index (χ3v) is 4.66. The highest BCUT2D eigenvalue weighted by atomic mass is 15.2. The second kappa shape index (κ2) is 6.57.